The van der Waals surface area contributed by atoms with Gasteiger partial charge in [-0.25, -0.2) is 9.67 Å². The third-order valence-corrected chi connectivity index (χ3v) is 5.71. The molecule has 0 fully saturated rings. The third-order valence-electron chi connectivity index (χ3n) is 4.83. The molecule has 5 aromatic rings. The van der Waals surface area contributed by atoms with Crippen LogP contribution in [0.25, 0.3) is 22.0 Å². The van der Waals surface area contributed by atoms with Crippen LogP contribution in [0.2, 0.25) is 0 Å². The highest BCUT2D eigenvalue weighted by Gasteiger charge is 2.19. The molecule has 0 unspecified atom stereocenters. The van der Waals surface area contributed by atoms with E-state index < -0.39 is 0 Å². The molecule has 1 aromatic carbocycles. The minimum atomic E-state index is -0.172. The van der Waals surface area contributed by atoms with Gasteiger partial charge in [0, 0.05) is 31.0 Å². The minimum absolute atomic E-state index is 0.172. The van der Waals surface area contributed by atoms with Gasteiger partial charge >= 0.3 is 0 Å². The summed E-state index contributed by atoms with van der Waals surface area (Å²) < 4.78 is 3.37. The number of benzene rings is 1. The van der Waals surface area contributed by atoms with Gasteiger partial charge in [0.05, 0.1) is 16.1 Å². The van der Waals surface area contributed by atoms with E-state index in [2.05, 4.69) is 30.8 Å². The molecule has 0 aliphatic carbocycles. The number of anilines is 1. The van der Waals surface area contributed by atoms with Crippen LogP contribution in [-0.2, 0) is 0 Å². The molecule has 0 atom stereocenters. The summed E-state index contributed by atoms with van der Waals surface area (Å²) >= 11 is 1.56. The Morgan fingerprint density at radius 3 is 2.81 bits per heavy atom. The van der Waals surface area contributed by atoms with Crippen molar-refractivity contribution in [3.05, 3.63) is 77.7 Å². The van der Waals surface area contributed by atoms with Gasteiger partial charge in [-0.2, -0.15) is 19.7 Å². The zero-order valence-corrected chi connectivity index (χ0v) is 18.1. The van der Waals surface area contributed by atoms with Crippen LogP contribution in [0.15, 0.2) is 66.4 Å². The number of carbonyl (C=O) groups excluding carboxylic acids is 1. The molecule has 4 aromatic heterocycles. The number of fused-ring (bicyclic) bond motifs is 1. The first-order valence-electron chi connectivity index (χ1n) is 10.1. The zero-order chi connectivity index (χ0) is 21.9. The number of hydrogen-bond donors (Lipinski definition) is 2. The maximum atomic E-state index is 13.0. The Morgan fingerprint density at radius 2 is 2.00 bits per heavy atom. The van der Waals surface area contributed by atoms with Gasteiger partial charge in [0.2, 0.25) is 0 Å². The highest BCUT2D eigenvalue weighted by Crippen LogP contribution is 2.27. The van der Waals surface area contributed by atoms with Crippen LogP contribution in [0.1, 0.15) is 16.1 Å². The maximum Gasteiger partial charge on any atom is 0.255 e. The Balaban J connectivity index is 1.31. The van der Waals surface area contributed by atoms with E-state index in [0.717, 1.165) is 22.1 Å². The topological polar surface area (TPSA) is 102 Å². The second-order valence-electron chi connectivity index (χ2n) is 7.09. The molecule has 0 aliphatic rings. The molecule has 0 bridgehead atoms. The molecule has 0 radical (unpaired) electrons. The van der Waals surface area contributed by atoms with Crippen molar-refractivity contribution < 1.29 is 4.79 Å². The summed E-state index contributed by atoms with van der Waals surface area (Å²) in [6.45, 7) is 2.85. The van der Waals surface area contributed by atoms with Crippen molar-refractivity contribution in [3.8, 4) is 16.3 Å². The summed E-state index contributed by atoms with van der Waals surface area (Å²) in [7, 11) is 0. The Hall–Kier alpha value is -4.05. The predicted octanol–water partition coefficient (Wildman–Crippen LogP) is 3.19. The molecule has 1 amide bonds. The summed E-state index contributed by atoms with van der Waals surface area (Å²) in [4.78, 5) is 22.4. The minimum Gasteiger partial charge on any atom is -0.368 e. The number of nitrogens with zero attached hydrogens (tertiary/aromatic N) is 6. The van der Waals surface area contributed by atoms with Crippen LogP contribution in [0.3, 0.4) is 0 Å². The quantitative estimate of drug-likeness (QED) is 0.374. The maximum absolute atomic E-state index is 13.0. The van der Waals surface area contributed by atoms with Crippen LogP contribution in [0.4, 0.5) is 5.82 Å². The Labute approximate surface area is 187 Å². The van der Waals surface area contributed by atoms with Crippen molar-refractivity contribution >= 4 is 28.8 Å². The first kappa shape index (κ1) is 19.9. The number of para-hydroxylation sites is 1. The van der Waals surface area contributed by atoms with Gasteiger partial charge in [-0.05, 0) is 30.5 Å². The van der Waals surface area contributed by atoms with Gasteiger partial charge in [0.1, 0.15) is 17.8 Å². The van der Waals surface area contributed by atoms with E-state index in [4.69, 9.17) is 0 Å². The fraction of sp³-hybridized carbons (Fsp3) is 0.136. The number of amides is 1. The highest BCUT2D eigenvalue weighted by molar-refractivity contribution is 7.13. The van der Waals surface area contributed by atoms with Crippen molar-refractivity contribution in [2.45, 2.75) is 6.92 Å². The monoisotopic (exact) mass is 444 g/mol. The summed E-state index contributed by atoms with van der Waals surface area (Å²) in [6.07, 6.45) is 3.24. The van der Waals surface area contributed by atoms with E-state index in [1.165, 1.54) is 6.33 Å². The summed E-state index contributed by atoms with van der Waals surface area (Å²) in [6, 6.07) is 15.6. The van der Waals surface area contributed by atoms with Gasteiger partial charge in [-0.3, -0.25) is 4.79 Å². The zero-order valence-electron chi connectivity index (χ0n) is 17.3. The Morgan fingerprint density at radius 1 is 1.12 bits per heavy atom. The Kier molecular flexibility index (Phi) is 5.34. The van der Waals surface area contributed by atoms with E-state index in [1.54, 1.807) is 26.7 Å². The molecular weight excluding hydrogens is 424 g/mol. The second kappa shape index (κ2) is 8.60. The number of rotatable bonds is 7. The lowest BCUT2D eigenvalue weighted by Gasteiger charge is -2.09. The number of aryl methyl sites for hydroxylation is 1. The van der Waals surface area contributed by atoms with E-state index >= 15 is 0 Å². The molecule has 0 saturated heterocycles. The summed E-state index contributed by atoms with van der Waals surface area (Å²) in [5, 5.41) is 17.1. The number of nitrogens with one attached hydrogen (secondary N) is 2. The first-order valence-corrected chi connectivity index (χ1v) is 11.0. The van der Waals surface area contributed by atoms with Crippen molar-refractivity contribution in [1.82, 2.24) is 34.7 Å². The van der Waals surface area contributed by atoms with Crippen molar-refractivity contribution in [1.29, 1.82) is 0 Å². The lowest BCUT2D eigenvalue weighted by molar-refractivity contribution is 0.0956. The summed E-state index contributed by atoms with van der Waals surface area (Å²) in [5.74, 6) is 1.13. The lowest BCUT2D eigenvalue weighted by Crippen LogP contribution is -2.29. The molecule has 9 nitrogen and oxygen atoms in total. The van der Waals surface area contributed by atoms with Crippen LogP contribution in [-0.4, -0.2) is 48.4 Å². The van der Waals surface area contributed by atoms with Crippen LogP contribution >= 0.6 is 11.3 Å². The van der Waals surface area contributed by atoms with Crippen LogP contribution in [0.5, 0.6) is 0 Å². The molecule has 4 heterocycles. The molecular formula is C22H20N8OS. The van der Waals surface area contributed by atoms with Gasteiger partial charge in [0.25, 0.3) is 11.7 Å². The number of aromatic nitrogens is 6. The standard InChI is InChI=1S/C22H20N8OS/c1-15-12-19(30-22(27-15)25-14-26-30)23-9-10-24-21(31)17-13-29(16-6-3-2-4-7-16)28-20(17)18-8-5-11-32-18/h2-8,11-14,23H,9-10H2,1H3,(H,24,31). The van der Waals surface area contributed by atoms with E-state index in [9.17, 15) is 4.79 Å². The number of hydrogen-bond acceptors (Lipinski definition) is 7. The second-order valence-corrected chi connectivity index (χ2v) is 8.03. The molecule has 160 valence electrons. The van der Waals surface area contributed by atoms with Crippen LogP contribution < -0.4 is 10.6 Å². The van der Waals surface area contributed by atoms with Gasteiger partial charge in [0.15, 0.2) is 0 Å². The fourth-order valence-electron chi connectivity index (χ4n) is 3.37. The number of carbonyl (C=O) groups is 1. The molecule has 2 N–H and O–H groups in total. The van der Waals surface area contributed by atoms with E-state index in [1.807, 2.05) is 60.8 Å². The van der Waals surface area contributed by atoms with Gasteiger partial charge < -0.3 is 10.6 Å². The molecule has 0 spiro atoms. The molecule has 0 saturated carbocycles. The molecule has 32 heavy (non-hydrogen) atoms. The largest absolute Gasteiger partial charge is 0.368 e. The first-order chi connectivity index (χ1) is 15.7. The SMILES string of the molecule is Cc1cc(NCCNC(=O)c2cn(-c3ccccc3)nc2-c2cccs2)n2ncnc2n1. The van der Waals surface area contributed by atoms with Gasteiger partial charge in [-0.15, -0.1) is 11.3 Å². The molecule has 5 rings (SSSR count). The summed E-state index contributed by atoms with van der Waals surface area (Å²) in [5.41, 5.74) is 2.94. The normalized spacial score (nSPS) is 11.0. The van der Waals surface area contributed by atoms with E-state index in [-0.39, 0.29) is 5.91 Å². The molecule has 10 heteroatoms. The Bertz CT molecular complexity index is 1360. The highest BCUT2D eigenvalue weighted by atomic mass is 32.1. The smallest absolute Gasteiger partial charge is 0.255 e. The third kappa shape index (κ3) is 3.95. The van der Waals surface area contributed by atoms with E-state index in [0.29, 0.717) is 30.1 Å². The van der Waals surface area contributed by atoms with Crippen molar-refractivity contribution in [2.75, 3.05) is 18.4 Å². The molecule has 0 aliphatic heterocycles. The fourth-order valence-corrected chi connectivity index (χ4v) is 4.09. The predicted molar refractivity (Wildman–Crippen MR) is 123 cm³/mol. The van der Waals surface area contributed by atoms with Crippen LogP contribution in [0, 0.1) is 6.92 Å². The average Bonchev–Trinajstić information content (AvgIpc) is 3.57. The van der Waals surface area contributed by atoms with Gasteiger partial charge in [-0.1, -0.05) is 24.3 Å². The van der Waals surface area contributed by atoms with Crippen molar-refractivity contribution in [3.63, 3.8) is 0 Å². The average molecular weight is 445 g/mol. The lowest BCUT2D eigenvalue weighted by atomic mass is 10.2. The van der Waals surface area contributed by atoms with Crippen molar-refractivity contribution in [2.24, 2.45) is 0 Å². The number of thiophene rings is 1.